The molecule has 38 valence electrons. The van der Waals surface area contributed by atoms with Gasteiger partial charge in [0.05, 0.1) is 9.47 Å². The highest BCUT2D eigenvalue weighted by atomic mass is 31.0. The molecule has 0 aromatic carbocycles. The van der Waals surface area contributed by atoms with Crippen molar-refractivity contribution < 1.29 is 9.32 Å². The van der Waals surface area contributed by atoms with E-state index in [0.29, 0.717) is 0 Å². The Morgan fingerprint density at radius 3 is 2.71 bits per heavy atom. The molecule has 5 heteroatoms. The van der Waals surface area contributed by atoms with E-state index in [1.807, 2.05) is 0 Å². The van der Waals surface area contributed by atoms with E-state index in [9.17, 15) is 4.79 Å². The maximum absolute atomic E-state index is 9.84. The van der Waals surface area contributed by atoms with Gasteiger partial charge in [-0.25, -0.2) is 10.1 Å². The lowest BCUT2D eigenvalue weighted by atomic mass is 11.1. The van der Waals surface area contributed by atoms with Crippen LogP contribution >= 0.6 is 9.47 Å². The van der Waals surface area contributed by atoms with Gasteiger partial charge < -0.3 is 4.52 Å². The van der Waals surface area contributed by atoms with Crippen LogP contribution in [0, 0.1) is 11.5 Å². The van der Waals surface area contributed by atoms with Gasteiger partial charge >= 0.3 is 6.09 Å². The molecule has 0 bridgehead atoms. The molecule has 0 rings (SSSR count). The summed E-state index contributed by atoms with van der Waals surface area (Å²) in [5.74, 6) is 0. The molecule has 0 heterocycles. The normalized spacial score (nSPS) is 6.29. The second kappa shape index (κ2) is 3.38. The van der Waals surface area contributed by atoms with E-state index >= 15 is 0 Å². The van der Waals surface area contributed by atoms with Crippen LogP contribution in [0.5, 0.6) is 0 Å². The van der Waals surface area contributed by atoms with Crippen LogP contribution in [0.15, 0.2) is 0 Å². The fraction of sp³-hybridized carbons (Fsp3) is 0. The summed E-state index contributed by atoms with van der Waals surface area (Å²) in [6, 6.07) is 0. The summed E-state index contributed by atoms with van der Waals surface area (Å²) in [4.78, 5) is 9.84. The molecule has 0 fully saturated rings. The Morgan fingerprint density at radius 1 is 2.00 bits per heavy atom. The van der Waals surface area contributed by atoms with Gasteiger partial charge in [0.25, 0.3) is 0 Å². The largest absolute Gasteiger partial charge is 0.435 e. The molecule has 0 saturated carbocycles. The summed E-state index contributed by atoms with van der Waals surface area (Å²) in [7, 11) is 1.71. The number of nitriles is 1. The quantitative estimate of drug-likeness (QED) is 0.276. The summed E-state index contributed by atoms with van der Waals surface area (Å²) in [5.41, 5.74) is 0. The molecule has 0 aliphatic carbocycles. The van der Waals surface area contributed by atoms with Crippen LogP contribution in [0.3, 0.4) is 0 Å². The fourth-order valence-corrected chi connectivity index (χ4v) is 0.134. The van der Waals surface area contributed by atoms with Crippen LogP contribution in [0.1, 0.15) is 0 Å². The van der Waals surface area contributed by atoms with Crippen molar-refractivity contribution in [3.8, 4) is 6.19 Å². The molecule has 0 aliphatic heterocycles. The molecule has 1 atom stereocenters. The first-order valence-corrected chi connectivity index (χ1v) is 1.84. The minimum atomic E-state index is -0.771. The van der Waals surface area contributed by atoms with Crippen LogP contribution in [-0.2, 0) is 4.52 Å². The van der Waals surface area contributed by atoms with Gasteiger partial charge in [-0.15, -0.1) is 0 Å². The highest BCUT2D eigenvalue weighted by molar-refractivity contribution is 7.10. The summed E-state index contributed by atoms with van der Waals surface area (Å²) in [6.07, 6.45) is 0.610. The third-order valence-corrected chi connectivity index (χ3v) is 0.479. The van der Waals surface area contributed by atoms with Crippen LogP contribution in [0.2, 0.25) is 0 Å². The first kappa shape index (κ1) is 6.19. The maximum atomic E-state index is 9.84. The Kier molecular flexibility index (Phi) is 2.99. The van der Waals surface area contributed by atoms with E-state index in [4.69, 9.17) is 5.26 Å². The lowest BCUT2D eigenvalue weighted by Crippen LogP contribution is -2.13. The van der Waals surface area contributed by atoms with Gasteiger partial charge in [0.15, 0.2) is 6.19 Å². The summed E-state index contributed by atoms with van der Waals surface area (Å²) in [6.45, 7) is 0. The second-order valence-corrected chi connectivity index (χ2v) is 0.878. The van der Waals surface area contributed by atoms with Crippen LogP contribution in [0.25, 0.3) is 0 Å². The SMILES string of the molecule is N#CNC(=O)OP. The Bertz CT molecular complexity index is 107. The number of carbonyl (C=O) groups excluding carboxylic acids is 1. The standard InChI is InChI=1S/C2H3N2O2P/c3-1-4-2(5)6-7/h7H2,(H,4,5). The van der Waals surface area contributed by atoms with Gasteiger partial charge in [-0.05, 0) is 0 Å². The molecular weight excluding hydrogens is 115 g/mol. The third-order valence-electron chi connectivity index (χ3n) is 0.265. The molecule has 0 saturated heterocycles. The second-order valence-electron chi connectivity index (χ2n) is 0.642. The van der Waals surface area contributed by atoms with E-state index in [0.717, 1.165) is 0 Å². The molecule has 0 aromatic heterocycles. The van der Waals surface area contributed by atoms with Crippen LogP contribution < -0.4 is 5.32 Å². The summed E-state index contributed by atoms with van der Waals surface area (Å²) in [5, 5.41) is 9.42. The zero-order valence-corrected chi connectivity index (χ0v) is 4.50. The van der Waals surface area contributed by atoms with E-state index in [1.54, 1.807) is 14.8 Å². The van der Waals surface area contributed by atoms with E-state index in [2.05, 4.69) is 4.52 Å². The minimum Gasteiger partial charge on any atom is -0.435 e. The highest BCUT2D eigenvalue weighted by Gasteiger charge is 1.90. The van der Waals surface area contributed by atoms with Gasteiger partial charge in [-0.3, -0.25) is 0 Å². The van der Waals surface area contributed by atoms with Crippen LogP contribution in [-0.4, -0.2) is 6.09 Å². The zero-order valence-electron chi connectivity index (χ0n) is 3.34. The number of amides is 1. The average Bonchev–Trinajstić information content (AvgIpc) is 1.68. The molecule has 1 unspecified atom stereocenters. The molecule has 1 amide bonds. The van der Waals surface area contributed by atoms with Crippen molar-refractivity contribution in [3.63, 3.8) is 0 Å². The van der Waals surface area contributed by atoms with Gasteiger partial charge in [-0.1, -0.05) is 0 Å². The van der Waals surface area contributed by atoms with Gasteiger partial charge in [0.1, 0.15) is 0 Å². The topological polar surface area (TPSA) is 62.1 Å². The summed E-state index contributed by atoms with van der Waals surface area (Å²) < 4.78 is 3.93. The smallest absolute Gasteiger partial charge is 0.422 e. The minimum absolute atomic E-state index is 0.771. The lowest BCUT2D eigenvalue weighted by molar-refractivity contribution is 0.212. The summed E-state index contributed by atoms with van der Waals surface area (Å²) >= 11 is 0. The predicted octanol–water partition coefficient (Wildman–Crippen LogP) is -0.0162. The van der Waals surface area contributed by atoms with Crippen molar-refractivity contribution in [3.05, 3.63) is 0 Å². The van der Waals surface area contributed by atoms with Crippen molar-refractivity contribution >= 4 is 15.6 Å². The molecule has 0 aliphatic rings. The monoisotopic (exact) mass is 118 g/mol. The van der Waals surface area contributed by atoms with Crippen molar-refractivity contribution in [1.29, 1.82) is 5.26 Å². The fourth-order valence-electron chi connectivity index (χ4n) is 0.0751. The van der Waals surface area contributed by atoms with Crippen molar-refractivity contribution in [2.24, 2.45) is 0 Å². The molecular formula is C2H3N2O2P. The molecule has 1 N–H and O–H groups in total. The lowest BCUT2D eigenvalue weighted by Gasteiger charge is -1.87. The van der Waals surface area contributed by atoms with Gasteiger partial charge in [-0.2, -0.15) is 5.26 Å². The number of hydrogen-bond acceptors (Lipinski definition) is 3. The van der Waals surface area contributed by atoms with Crippen molar-refractivity contribution in [1.82, 2.24) is 5.32 Å². The van der Waals surface area contributed by atoms with Gasteiger partial charge in [0, 0.05) is 0 Å². The Labute approximate surface area is 42.7 Å². The van der Waals surface area contributed by atoms with Gasteiger partial charge in [0.2, 0.25) is 0 Å². The highest BCUT2D eigenvalue weighted by Crippen LogP contribution is 1.82. The Balaban J connectivity index is 3.23. The maximum Gasteiger partial charge on any atom is 0.422 e. The first-order chi connectivity index (χ1) is 3.31. The number of nitrogens with one attached hydrogen (secondary N) is 1. The van der Waals surface area contributed by atoms with Crippen LogP contribution in [0.4, 0.5) is 4.79 Å². The Morgan fingerprint density at radius 2 is 2.57 bits per heavy atom. The van der Waals surface area contributed by atoms with E-state index in [1.165, 1.54) is 6.19 Å². The number of nitrogens with zero attached hydrogens (tertiary/aromatic N) is 1. The number of hydrogen-bond donors (Lipinski definition) is 1. The first-order valence-electron chi connectivity index (χ1n) is 1.37. The van der Waals surface area contributed by atoms with E-state index < -0.39 is 6.09 Å². The van der Waals surface area contributed by atoms with E-state index in [-0.39, 0.29) is 0 Å². The third kappa shape index (κ3) is 3.01. The number of rotatable bonds is 0. The van der Waals surface area contributed by atoms with Crippen molar-refractivity contribution in [2.45, 2.75) is 0 Å². The number of carbonyl (C=O) groups is 1. The van der Waals surface area contributed by atoms with Crippen molar-refractivity contribution in [2.75, 3.05) is 0 Å². The molecule has 0 spiro atoms. The zero-order chi connectivity index (χ0) is 5.70. The molecule has 0 radical (unpaired) electrons. The molecule has 7 heavy (non-hydrogen) atoms. The average molecular weight is 118 g/mol. The Hall–Kier alpha value is -0.810. The molecule has 4 nitrogen and oxygen atoms in total. The molecule has 0 aromatic rings. The predicted molar refractivity (Wildman–Crippen MR) is 24.9 cm³/mol.